The largest absolute Gasteiger partial charge is 0.472 e. The van der Waals surface area contributed by atoms with Gasteiger partial charge in [0.05, 0.1) is 19.1 Å². The molecule has 4 nitrogen and oxygen atoms in total. The van der Waals surface area contributed by atoms with Crippen molar-refractivity contribution in [3.05, 3.63) is 24.2 Å². The highest BCUT2D eigenvalue weighted by Gasteiger charge is 2.13. The van der Waals surface area contributed by atoms with Crippen molar-refractivity contribution in [3.8, 4) is 0 Å². The van der Waals surface area contributed by atoms with Crippen LogP contribution in [0, 0.1) is 5.92 Å². The number of halogens is 1. The van der Waals surface area contributed by atoms with Crippen molar-refractivity contribution in [2.75, 3.05) is 24.6 Å². The number of guanidine groups is 1. The maximum atomic E-state index is 5.05. The van der Waals surface area contributed by atoms with Crippen molar-refractivity contribution in [2.24, 2.45) is 10.9 Å². The molecule has 2 N–H and O–H groups in total. The van der Waals surface area contributed by atoms with Crippen LogP contribution in [-0.4, -0.2) is 30.6 Å². The molecule has 114 valence electrons. The Morgan fingerprint density at radius 3 is 2.85 bits per heavy atom. The molecular formula is C14H24IN3OS. The van der Waals surface area contributed by atoms with Gasteiger partial charge < -0.3 is 15.1 Å². The Bertz CT molecular complexity index is 378. The normalized spacial score (nSPS) is 16.6. The summed E-state index contributed by atoms with van der Waals surface area (Å²) in [7, 11) is 0. The van der Waals surface area contributed by atoms with Gasteiger partial charge in [0.2, 0.25) is 0 Å². The number of thioether (sulfide) groups is 1. The van der Waals surface area contributed by atoms with Gasteiger partial charge in [-0.15, -0.1) is 24.0 Å². The zero-order valence-corrected chi connectivity index (χ0v) is 15.1. The average Bonchev–Trinajstić information content (AvgIpc) is 2.96. The number of hydrogen-bond donors (Lipinski definition) is 2. The Labute approximate surface area is 142 Å². The lowest BCUT2D eigenvalue weighted by molar-refractivity contribution is 0.479. The summed E-state index contributed by atoms with van der Waals surface area (Å²) in [6, 6.07) is 1.95. The van der Waals surface area contributed by atoms with Gasteiger partial charge in [-0.05, 0) is 43.3 Å². The van der Waals surface area contributed by atoms with E-state index in [1.807, 2.05) is 6.07 Å². The van der Waals surface area contributed by atoms with Gasteiger partial charge in [0.1, 0.15) is 0 Å². The second-order valence-electron chi connectivity index (χ2n) is 4.76. The van der Waals surface area contributed by atoms with Crippen LogP contribution in [0.5, 0.6) is 0 Å². The van der Waals surface area contributed by atoms with Crippen molar-refractivity contribution in [1.29, 1.82) is 0 Å². The first-order valence-corrected chi connectivity index (χ1v) is 8.15. The predicted octanol–water partition coefficient (Wildman–Crippen LogP) is 3.10. The van der Waals surface area contributed by atoms with Crippen molar-refractivity contribution < 1.29 is 4.42 Å². The lowest BCUT2D eigenvalue weighted by Gasteiger charge is -2.22. The van der Waals surface area contributed by atoms with E-state index in [4.69, 9.17) is 4.42 Å². The maximum absolute atomic E-state index is 5.05. The summed E-state index contributed by atoms with van der Waals surface area (Å²) in [5.41, 5.74) is 1.10. The minimum atomic E-state index is 0. The summed E-state index contributed by atoms with van der Waals surface area (Å²) in [6.45, 7) is 4.66. The van der Waals surface area contributed by atoms with Crippen LogP contribution in [0.2, 0.25) is 0 Å². The molecule has 20 heavy (non-hydrogen) atoms. The van der Waals surface area contributed by atoms with E-state index in [-0.39, 0.29) is 24.0 Å². The minimum Gasteiger partial charge on any atom is -0.472 e. The summed E-state index contributed by atoms with van der Waals surface area (Å²) < 4.78 is 5.05. The van der Waals surface area contributed by atoms with E-state index in [9.17, 15) is 0 Å². The van der Waals surface area contributed by atoms with E-state index in [1.165, 1.54) is 24.3 Å². The second kappa shape index (κ2) is 10.4. The molecule has 1 aromatic heterocycles. The molecule has 2 rings (SSSR count). The fourth-order valence-corrected chi connectivity index (χ4v) is 3.29. The van der Waals surface area contributed by atoms with E-state index in [0.29, 0.717) is 6.54 Å². The highest BCUT2D eigenvalue weighted by molar-refractivity contribution is 14.0. The molecule has 0 aromatic carbocycles. The molecule has 0 aliphatic carbocycles. The molecule has 0 spiro atoms. The van der Waals surface area contributed by atoms with E-state index in [1.54, 1.807) is 12.5 Å². The molecule has 2 heterocycles. The van der Waals surface area contributed by atoms with Crippen molar-refractivity contribution in [1.82, 2.24) is 10.6 Å². The third-order valence-electron chi connectivity index (χ3n) is 3.24. The first-order valence-electron chi connectivity index (χ1n) is 6.99. The number of rotatable bonds is 5. The van der Waals surface area contributed by atoms with Crippen molar-refractivity contribution in [3.63, 3.8) is 0 Å². The number of furan rings is 1. The molecular weight excluding hydrogens is 385 g/mol. The number of hydrogen-bond acceptors (Lipinski definition) is 3. The Morgan fingerprint density at radius 2 is 2.20 bits per heavy atom. The molecule has 1 saturated heterocycles. The fraction of sp³-hybridized carbons (Fsp3) is 0.643. The third-order valence-corrected chi connectivity index (χ3v) is 4.29. The lowest BCUT2D eigenvalue weighted by atomic mass is 10.0. The van der Waals surface area contributed by atoms with E-state index < -0.39 is 0 Å². The number of aliphatic imine (C=N–C) groups is 1. The summed E-state index contributed by atoms with van der Waals surface area (Å²) in [6.07, 6.45) is 6.06. The zero-order valence-electron chi connectivity index (χ0n) is 11.9. The van der Waals surface area contributed by atoms with Gasteiger partial charge >= 0.3 is 0 Å². The molecule has 0 amide bonds. The van der Waals surface area contributed by atoms with E-state index in [2.05, 4.69) is 34.3 Å². The summed E-state index contributed by atoms with van der Waals surface area (Å²) in [5, 5.41) is 6.74. The van der Waals surface area contributed by atoms with Crippen LogP contribution in [0.15, 0.2) is 28.0 Å². The third kappa shape index (κ3) is 6.39. The Balaban J connectivity index is 0.00000200. The highest BCUT2D eigenvalue weighted by Crippen LogP contribution is 2.21. The summed E-state index contributed by atoms with van der Waals surface area (Å²) >= 11 is 2.07. The second-order valence-corrected chi connectivity index (χ2v) is 5.99. The van der Waals surface area contributed by atoms with Gasteiger partial charge in [-0.1, -0.05) is 0 Å². The van der Waals surface area contributed by atoms with Crippen molar-refractivity contribution >= 4 is 41.7 Å². The van der Waals surface area contributed by atoms with Crippen LogP contribution >= 0.6 is 35.7 Å². The van der Waals surface area contributed by atoms with Gasteiger partial charge in [-0.3, -0.25) is 0 Å². The monoisotopic (exact) mass is 409 g/mol. The SMILES string of the molecule is CCNC(=NCc1ccoc1)NCC1CCSCC1.I. The summed E-state index contributed by atoms with van der Waals surface area (Å²) in [5.74, 6) is 4.30. The summed E-state index contributed by atoms with van der Waals surface area (Å²) in [4.78, 5) is 4.57. The average molecular weight is 409 g/mol. The van der Waals surface area contributed by atoms with Crippen LogP contribution in [0.4, 0.5) is 0 Å². The zero-order chi connectivity index (χ0) is 13.3. The fourth-order valence-electron chi connectivity index (χ4n) is 2.09. The number of nitrogens with one attached hydrogen (secondary N) is 2. The smallest absolute Gasteiger partial charge is 0.191 e. The quantitative estimate of drug-likeness (QED) is 0.446. The first kappa shape index (κ1) is 17.7. The first-order chi connectivity index (χ1) is 9.38. The molecule has 6 heteroatoms. The standard InChI is InChI=1S/C14H23N3OS.HI/c1-2-15-14(17-10-13-3-6-18-11-13)16-9-12-4-7-19-8-5-12;/h3,6,11-12H,2,4-5,7-10H2,1H3,(H2,15,16,17);1H. The molecule has 0 atom stereocenters. The maximum Gasteiger partial charge on any atom is 0.191 e. The topological polar surface area (TPSA) is 49.6 Å². The van der Waals surface area contributed by atoms with Gasteiger partial charge in [0, 0.05) is 18.7 Å². The molecule has 1 aromatic rings. The van der Waals surface area contributed by atoms with Gasteiger partial charge in [-0.25, -0.2) is 4.99 Å². The lowest BCUT2D eigenvalue weighted by Crippen LogP contribution is -2.40. The van der Waals surface area contributed by atoms with Crippen LogP contribution in [0.25, 0.3) is 0 Å². The minimum absolute atomic E-state index is 0. The Hall–Kier alpha value is -0.370. The molecule has 0 radical (unpaired) electrons. The van der Waals surface area contributed by atoms with Crippen molar-refractivity contribution in [2.45, 2.75) is 26.3 Å². The Kier molecular flexibility index (Phi) is 9.17. The van der Waals surface area contributed by atoms with Crippen LogP contribution in [-0.2, 0) is 6.54 Å². The number of nitrogens with zero attached hydrogens (tertiary/aromatic N) is 1. The van der Waals surface area contributed by atoms with Crippen LogP contribution < -0.4 is 10.6 Å². The van der Waals surface area contributed by atoms with Gasteiger partial charge in [0.25, 0.3) is 0 Å². The molecule has 0 saturated carbocycles. The van der Waals surface area contributed by atoms with Gasteiger partial charge in [0.15, 0.2) is 5.96 Å². The predicted molar refractivity (Wildman–Crippen MR) is 97.0 cm³/mol. The van der Waals surface area contributed by atoms with E-state index in [0.717, 1.165) is 30.5 Å². The van der Waals surface area contributed by atoms with Crippen LogP contribution in [0.3, 0.4) is 0 Å². The highest BCUT2D eigenvalue weighted by atomic mass is 127. The molecule has 0 bridgehead atoms. The van der Waals surface area contributed by atoms with E-state index >= 15 is 0 Å². The molecule has 1 aliphatic heterocycles. The van der Waals surface area contributed by atoms with Gasteiger partial charge in [-0.2, -0.15) is 11.8 Å². The molecule has 1 fully saturated rings. The molecule has 1 aliphatic rings. The van der Waals surface area contributed by atoms with Crippen LogP contribution in [0.1, 0.15) is 25.3 Å². The molecule has 0 unspecified atom stereocenters. The Morgan fingerprint density at radius 1 is 1.40 bits per heavy atom.